The lowest BCUT2D eigenvalue weighted by molar-refractivity contribution is 0.0992. The molecule has 2 aromatic rings. The lowest BCUT2D eigenvalue weighted by Gasteiger charge is -2.07. The van der Waals surface area contributed by atoms with E-state index in [9.17, 15) is 4.79 Å². The van der Waals surface area contributed by atoms with Gasteiger partial charge in [0, 0.05) is 12.4 Å². The van der Waals surface area contributed by atoms with Crippen molar-refractivity contribution in [3.05, 3.63) is 47.9 Å². The van der Waals surface area contributed by atoms with Crippen LogP contribution in [0.25, 0.3) is 0 Å². The Hall–Kier alpha value is -2.47. The van der Waals surface area contributed by atoms with Crippen LogP contribution >= 0.6 is 0 Å². The van der Waals surface area contributed by atoms with Gasteiger partial charge in [-0.15, -0.1) is 0 Å². The molecule has 0 spiro atoms. The molecule has 2 rings (SSSR count). The minimum atomic E-state index is -0.678. The number of nitrogens with zero attached hydrogens (tertiary/aromatic N) is 2. The third kappa shape index (κ3) is 3.26. The standard InChI is InChI=1S/C13H14N4O2/c14-6-5-9-1-3-10(4-2-9)19-13-11(12(15)18)16-7-8-17-13/h1-4,7-8H,5-6,14H2,(H2,15,18). The molecule has 0 unspecified atom stereocenters. The second kappa shape index (κ2) is 5.92. The Morgan fingerprint density at radius 1 is 1.16 bits per heavy atom. The first-order valence-corrected chi connectivity index (χ1v) is 5.78. The van der Waals surface area contributed by atoms with Crippen LogP contribution in [0, 0.1) is 0 Å². The summed E-state index contributed by atoms with van der Waals surface area (Å²) >= 11 is 0. The van der Waals surface area contributed by atoms with Gasteiger partial charge in [0.1, 0.15) is 5.75 Å². The summed E-state index contributed by atoms with van der Waals surface area (Å²) in [5.74, 6) is -0.0202. The van der Waals surface area contributed by atoms with Crippen LogP contribution in [0.5, 0.6) is 11.6 Å². The monoisotopic (exact) mass is 258 g/mol. The Bertz CT molecular complexity index is 569. The SMILES string of the molecule is NCCc1ccc(Oc2nccnc2C(N)=O)cc1. The van der Waals surface area contributed by atoms with Crippen molar-refractivity contribution in [1.82, 2.24) is 9.97 Å². The molecule has 98 valence electrons. The second-order valence-corrected chi connectivity index (χ2v) is 3.86. The normalized spacial score (nSPS) is 10.2. The quantitative estimate of drug-likeness (QED) is 0.828. The minimum Gasteiger partial charge on any atom is -0.437 e. The van der Waals surface area contributed by atoms with Gasteiger partial charge in [-0.3, -0.25) is 4.79 Å². The third-order valence-corrected chi connectivity index (χ3v) is 2.47. The van der Waals surface area contributed by atoms with Gasteiger partial charge in [0.05, 0.1) is 0 Å². The molecule has 0 saturated heterocycles. The summed E-state index contributed by atoms with van der Waals surface area (Å²) in [6.45, 7) is 0.593. The molecule has 6 nitrogen and oxygen atoms in total. The number of nitrogens with two attached hydrogens (primary N) is 2. The largest absolute Gasteiger partial charge is 0.437 e. The molecule has 1 aromatic heterocycles. The molecule has 0 atom stereocenters. The van der Waals surface area contributed by atoms with Crippen LogP contribution in [0.3, 0.4) is 0 Å². The van der Waals surface area contributed by atoms with E-state index in [1.165, 1.54) is 12.4 Å². The maximum atomic E-state index is 11.2. The number of hydrogen-bond acceptors (Lipinski definition) is 5. The number of hydrogen-bond donors (Lipinski definition) is 2. The molecule has 4 N–H and O–H groups in total. The molecular weight excluding hydrogens is 244 g/mol. The Kier molecular flexibility index (Phi) is 4.04. The van der Waals surface area contributed by atoms with E-state index >= 15 is 0 Å². The lowest BCUT2D eigenvalue weighted by Crippen LogP contribution is -2.14. The van der Waals surface area contributed by atoms with Gasteiger partial charge in [0.2, 0.25) is 0 Å². The zero-order chi connectivity index (χ0) is 13.7. The van der Waals surface area contributed by atoms with E-state index in [0.717, 1.165) is 12.0 Å². The summed E-state index contributed by atoms with van der Waals surface area (Å²) in [5.41, 5.74) is 11.8. The Morgan fingerprint density at radius 3 is 2.47 bits per heavy atom. The maximum absolute atomic E-state index is 11.2. The first-order chi connectivity index (χ1) is 9.20. The molecule has 0 aliphatic carbocycles. The fourth-order valence-electron chi connectivity index (χ4n) is 1.57. The van der Waals surface area contributed by atoms with Crippen molar-refractivity contribution in [2.24, 2.45) is 11.5 Å². The number of carbonyl (C=O) groups excluding carboxylic acids is 1. The highest BCUT2D eigenvalue weighted by Gasteiger charge is 2.12. The number of aromatic nitrogens is 2. The lowest BCUT2D eigenvalue weighted by atomic mass is 10.1. The zero-order valence-corrected chi connectivity index (χ0v) is 10.2. The van der Waals surface area contributed by atoms with E-state index in [0.29, 0.717) is 12.3 Å². The van der Waals surface area contributed by atoms with Crippen molar-refractivity contribution in [2.75, 3.05) is 6.54 Å². The van der Waals surface area contributed by atoms with Crippen LogP contribution in [0.15, 0.2) is 36.7 Å². The molecule has 1 aromatic carbocycles. The molecule has 0 aliphatic heterocycles. The van der Waals surface area contributed by atoms with Crippen LogP contribution in [0.4, 0.5) is 0 Å². The highest BCUT2D eigenvalue weighted by Crippen LogP contribution is 2.21. The fraction of sp³-hybridized carbons (Fsp3) is 0.154. The van der Waals surface area contributed by atoms with Crippen LogP contribution < -0.4 is 16.2 Å². The number of rotatable bonds is 5. The number of benzene rings is 1. The van der Waals surface area contributed by atoms with Crippen molar-refractivity contribution in [2.45, 2.75) is 6.42 Å². The topological polar surface area (TPSA) is 104 Å². The molecular formula is C13H14N4O2. The summed E-state index contributed by atoms with van der Waals surface area (Å²) in [6.07, 6.45) is 3.62. The van der Waals surface area contributed by atoms with Gasteiger partial charge in [-0.2, -0.15) is 0 Å². The highest BCUT2D eigenvalue weighted by molar-refractivity contribution is 5.92. The Labute approximate surface area is 110 Å². The smallest absolute Gasteiger partial charge is 0.272 e. The molecule has 0 saturated carbocycles. The predicted molar refractivity (Wildman–Crippen MR) is 69.8 cm³/mol. The fourth-order valence-corrected chi connectivity index (χ4v) is 1.57. The molecule has 6 heteroatoms. The van der Waals surface area contributed by atoms with Gasteiger partial charge in [-0.05, 0) is 30.7 Å². The zero-order valence-electron chi connectivity index (χ0n) is 10.2. The van der Waals surface area contributed by atoms with Crippen molar-refractivity contribution in [1.29, 1.82) is 0 Å². The van der Waals surface area contributed by atoms with E-state index in [-0.39, 0.29) is 11.6 Å². The summed E-state index contributed by atoms with van der Waals surface area (Å²) in [7, 11) is 0. The number of ether oxygens (including phenoxy) is 1. The number of amides is 1. The number of carbonyl (C=O) groups is 1. The van der Waals surface area contributed by atoms with E-state index in [4.69, 9.17) is 16.2 Å². The van der Waals surface area contributed by atoms with Crippen molar-refractivity contribution >= 4 is 5.91 Å². The molecule has 0 aliphatic rings. The Morgan fingerprint density at radius 2 is 1.84 bits per heavy atom. The summed E-state index contributed by atoms with van der Waals surface area (Å²) < 4.78 is 5.50. The third-order valence-electron chi connectivity index (χ3n) is 2.47. The van der Waals surface area contributed by atoms with Crippen LogP contribution in [0.1, 0.15) is 16.1 Å². The van der Waals surface area contributed by atoms with Crippen molar-refractivity contribution in [3.63, 3.8) is 0 Å². The molecule has 0 fully saturated rings. The van der Waals surface area contributed by atoms with E-state index in [1.54, 1.807) is 12.1 Å². The average molecular weight is 258 g/mol. The number of primary amides is 1. The van der Waals surface area contributed by atoms with Crippen LogP contribution in [-0.2, 0) is 6.42 Å². The molecule has 0 bridgehead atoms. The van der Waals surface area contributed by atoms with Crippen molar-refractivity contribution in [3.8, 4) is 11.6 Å². The molecule has 1 heterocycles. The first-order valence-electron chi connectivity index (χ1n) is 5.78. The average Bonchev–Trinajstić information content (AvgIpc) is 2.42. The highest BCUT2D eigenvalue weighted by atomic mass is 16.5. The van der Waals surface area contributed by atoms with Gasteiger partial charge >= 0.3 is 0 Å². The van der Waals surface area contributed by atoms with E-state index in [1.807, 2.05) is 12.1 Å². The van der Waals surface area contributed by atoms with Gasteiger partial charge in [-0.25, -0.2) is 9.97 Å². The first kappa shape index (κ1) is 13.0. The van der Waals surface area contributed by atoms with E-state index in [2.05, 4.69) is 9.97 Å². The summed E-state index contributed by atoms with van der Waals surface area (Å²) in [6, 6.07) is 7.37. The maximum Gasteiger partial charge on any atom is 0.272 e. The molecule has 19 heavy (non-hydrogen) atoms. The Balaban J connectivity index is 2.19. The van der Waals surface area contributed by atoms with Crippen molar-refractivity contribution < 1.29 is 9.53 Å². The van der Waals surface area contributed by atoms with Gasteiger partial charge in [0.25, 0.3) is 11.8 Å². The molecule has 0 radical (unpaired) electrons. The second-order valence-electron chi connectivity index (χ2n) is 3.86. The predicted octanol–water partition coefficient (Wildman–Crippen LogP) is 0.869. The van der Waals surface area contributed by atoms with Crippen LogP contribution in [0.2, 0.25) is 0 Å². The molecule has 1 amide bonds. The summed E-state index contributed by atoms with van der Waals surface area (Å²) in [4.78, 5) is 19.0. The van der Waals surface area contributed by atoms with Gasteiger partial charge < -0.3 is 16.2 Å². The van der Waals surface area contributed by atoms with E-state index < -0.39 is 5.91 Å². The van der Waals surface area contributed by atoms with Gasteiger partial charge in [0.15, 0.2) is 5.69 Å². The minimum absolute atomic E-state index is 0.00790. The van der Waals surface area contributed by atoms with Crippen LogP contribution in [-0.4, -0.2) is 22.4 Å². The van der Waals surface area contributed by atoms with Gasteiger partial charge in [-0.1, -0.05) is 12.1 Å². The summed E-state index contributed by atoms with van der Waals surface area (Å²) in [5, 5.41) is 0.